The fraction of sp³-hybridized carbons (Fsp3) is 0.857. The number of aliphatic hydroxyl groups is 1. The molecule has 1 amide bonds. The van der Waals surface area contributed by atoms with Gasteiger partial charge in [-0.05, 0) is 12.8 Å². The summed E-state index contributed by atoms with van der Waals surface area (Å²) in [6.07, 6.45) is -3.21. The van der Waals surface area contributed by atoms with Crippen LogP contribution in [0.2, 0.25) is 0 Å². The van der Waals surface area contributed by atoms with E-state index in [4.69, 9.17) is 10.2 Å². The molecule has 3 N–H and O–H groups in total. The molecule has 0 unspecified atom stereocenters. The molecule has 0 aromatic heterocycles. The summed E-state index contributed by atoms with van der Waals surface area (Å²) in [5.74, 6) is -3.18. The van der Waals surface area contributed by atoms with Crippen LogP contribution >= 0.6 is 0 Å². The Morgan fingerprint density at radius 1 is 1.54 bits per heavy atom. The normalized spacial score (nSPS) is 32.5. The molecule has 0 aliphatic heterocycles. The molecule has 0 aromatic rings. The van der Waals surface area contributed by atoms with Gasteiger partial charge >= 0.3 is 6.09 Å². The molecule has 1 aliphatic rings. The molecule has 1 fully saturated rings. The van der Waals surface area contributed by atoms with Gasteiger partial charge in [-0.25, -0.2) is 13.6 Å². The van der Waals surface area contributed by atoms with E-state index in [0.29, 0.717) is 0 Å². The summed E-state index contributed by atoms with van der Waals surface area (Å²) < 4.78 is 25.6. The number of carbonyl (C=O) groups is 1. The van der Waals surface area contributed by atoms with Crippen molar-refractivity contribution in [3.8, 4) is 0 Å². The zero-order valence-electron chi connectivity index (χ0n) is 6.83. The largest absolute Gasteiger partial charge is 0.465 e. The molecule has 1 saturated carbocycles. The number of carboxylic acid groups (broad SMARTS) is 1. The van der Waals surface area contributed by atoms with E-state index in [1.807, 2.05) is 5.32 Å². The van der Waals surface area contributed by atoms with Gasteiger partial charge in [-0.3, -0.25) is 0 Å². The van der Waals surface area contributed by atoms with Crippen LogP contribution in [-0.2, 0) is 0 Å². The molecule has 13 heavy (non-hydrogen) atoms. The van der Waals surface area contributed by atoms with E-state index in [0.717, 1.165) is 0 Å². The molecule has 6 heteroatoms. The minimum Gasteiger partial charge on any atom is -0.465 e. The molecular formula is C7H11F2NO3. The van der Waals surface area contributed by atoms with Gasteiger partial charge in [0.1, 0.15) is 6.10 Å². The van der Waals surface area contributed by atoms with E-state index in [-0.39, 0.29) is 19.3 Å². The Morgan fingerprint density at radius 3 is 2.69 bits per heavy atom. The highest BCUT2D eigenvalue weighted by molar-refractivity contribution is 5.65. The fourth-order valence-electron chi connectivity index (χ4n) is 1.47. The predicted molar refractivity (Wildman–Crippen MR) is 39.8 cm³/mol. The van der Waals surface area contributed by atoms with Gasteiger partial charge in [-0.2, -0.15) is 0 Å². The number of aliphatic hydroxyl groups excluding tert-OH is 1. The molecule has 0 aromatic carbocycles. The third-order valence-corrected chi connectivity index (χ3v) is 2.15. The lowest BCUT2D eigenvalue weighted by Gasteiger charge is -2.34. The maximum atomic E-state index is 12.8. The Morgan fingerprint density at radius 2 is 2.15 bits per heavy atom. The van der Waals surface area contributed by atoms with E-state index in [1.54, 1.807) is 0 Å². The van der Waals surface area contributed by atoms with Crippen LogP contribution in [0, 0.1) is 0 Å². The summed E-state index contributed by atoms with van der Waals surface area (Å²) in [4.78, 5) is 10.2. The van der Waals surface area contributed by atoms with Gasteiger partial charge in [0.15, 0.2) is 0 Å². The Bertz CT molecular complexity index is 210. The smallest absolute Gasteiger partial charge is 0.404 e. The number of amides is 1. The zero-order chi connectivity index (χ0) is 10.1. The van der Waals surface area contributed by atoms with Crippen LogP contribution in [0.5, 0.6) is 0 Å². The summed E-state index contributed by atoms with van der Waals surface area (Å²) in [5.41, 5.74) is 0. The first kappa shape index (κ1) is 10.2. The van der Waals surface area contributed by atoms with Crippen molar-refractivity contribution in [2.75, 3.05) is 0 Å². The standard InChI is InChI=1S/C7H11F2NO3/c8-7(9)3-1-2-4(5(7)11)10-6(12)13/h4-5,10-11H,1-3H2,(H,12,13)/t4-,5+/m1/s1. The van der Waals surface area contributed by atoms with Crippen molar-refractivity contribution in [1.29, 1.82) is 0 Å². The van der Waals surface area contributed by atoms with E-state index >= 15 is 0 Å². The van der Waals surface area contributed by atoms with E-state index in [9.17, 15) is 13.6 Å². The second-order valence-electron chi connectivity index (χ2n) is 3.15. The highest BCUT2D eigenvalue weighted by Crippen LogP contribution is 2.33. The van der Waals surface area contributed by atoms with Crippen molar-refractivity contribution in [2.24, 2.45) is 0 Å². The maximum absolute atomic E-state index is 12.8. The molecule has 0 bridgehead atoms. The molecular weight excluding hydrogens is 184 g/mol. The number of hydrogen-bond acceptors (Lipinski definition) is 2. The first-order valence-electron chi connectivity index (χ1n) is 3.99. The number of alkyl halides is 2. The SMILES string of the molecule is O=C(O)N[C@@H]1CCCC(F)(F)[C@H]1O. The topological polar surface area (TPSA) is 69.6 Å². The van der Waals surface area contributed by atoms with Crippen LogP contribution < -0.4 is 5.32 Å². The maximum Gasteiger partial charge on any atom is 0.404 e. The lowest BCUT2D eigenvalue weighted by atomic mass is 9.89. The van der Waals surface area contributed by atoms with Crippen molar-refractivity contribution in [2.45, 2.75) is 37.3 Å². The summed E-state index contributed by atoms with van der Waals surface area (Å²) in [7, 11) is 0. The minimum atomic E-state index is -3.18. The molecule has 0 saturated heterocycles. The third kappa shape index (κ3) is 2.27. The van der Waals surface area contributed by atoms with Crippen molar-refractivity contribution in [1.82, 2.24) is 5.32 Å². The van der Waals surface area contributed by atoms with Crippen LogP contribution in [0.15, 0.2) is 0 Å². The van der Waals surface area contributed by atoms with Crippen LogP contribution in [0.25, 0.3) is 0 Å². The first-order valence-corrected chi connectivity index (χ1v) is 3.99. The highest BCUT2D eigenvalue weighted by Gasteiger charge is 2.46. The molecule has 76 valence electrons. The van der Waals surface area contributed by atoms with Crippen LogP contribution in [-0.4, -0.2) is 34.4 Å². The summed E-state index contributed by atoms with van der Waals surface area (Å²) >= 11 is 0. The highest BCUT2D eigenvalue weighted by atomic mass is 19.3. The van der Waals surface area contributed by atoms with Crippen molar-refractivity contribution < 1.29 is 23.8 Å². The molecule has 2 atom stereocenters. The van der Waals surface area contributed by atoms with Crippen molar-refractivity contribution in [3.05, 3.63) is 0 Å². The predicted octanol–water partition coefficient (Wildman–Crippen LogP) is 0.803. The number of halogens is 2. The van der Waals surface area contributed by atoms with Gasteiger partial charge < -0.3 is 15.5 Å². The number of hydrogen-bond donors (Lipinski definition) is 3. The Kier molecular flexibility index (Phi) is 2.70. The number of rotatable bonds is 1. The zero-order valence-corrected chi connectivity index (χ0v) is 6.83. The van der Waals surface area contributed by atoms with E-state index < -0.39 is 24.2 Å². The Hall–Kier alpha value is -0.910. The quantitative estimate of drug-likeness (QED) is 0.579. The van der Waals surface area contributed by atoms with Gasteiger partial charge in [-0.15, -0.1) is 0 Å². The molecule has 0 heterocycles. The number of nitrogens with one attached hydrogen (secondary N) is 1. The molecule has 0 spiro atoms. The second kappa shape index (κ2) is 3.45. The Labute approximate surface area is 73.6 Å². The fourth-order valence-corrected chi connectivity index (χ4v) is 1.47. The molecule has 1 aliphatic carbocycles. The van der Waals surface area contributed by atoms with Crippen molar-refractivity contribution in [3.63, 3.8) is 0 Å². The lowest BCUT2D eigenvalue weighted by molar-refractivity contribution is -0.142. The van der Waals surface area contributed by atoms with Crippen LogP contribution in [0.1, 0.15) is 19.3 Å². The summed E-state index contributed by atoms with van der Waals surface area (Å²) in [6, 6.07) is -1.05. The third-order valence-electron chi connectivity index (χ3n) is 2.15. The average Bonchev–Trinajstić information content (AvgIpc) is 1.98. The van der Waals surface area contributed by atoms with Gasteiger partial charge in [0, 0.05) is 6.42 Å². The van der Waals surface area contributed by atoms with Crippen molar-refractivity contribution >= 4 is 6.09 Å². The average molecular weight is 195 g/mol. The van der Waals surface area contributed by atoms with Crippen LogP contribution in [0.4, 0.5) is 13.6 Å². The first-order chi connectivity index (χ1) is 5.93. The second-order valence-corrected chi connectivity index (χ2v) is 3.15. The minimum absolute atomic E-state index is 0.217. The van der Waals surface area contributed by atoms with Crippen LogP contribution in [0.3, 0.4) is 0 Å². The molecule has 4 nitrogen and oxygen atoms in total. The van der Waals surface area contributed by atoms with E-state index in [1.165, 1.54) is 0 Å². The summed E-state index contributed by atoms with van der Waals surface area (Å²) in [5, 5.41) is 19.2. The lowest BCUT2D eigenvalue weighted by Crippen LogP contribution is -2.53. The Balaban J connectivity index is 2.60. The van der Waals surface area contributed by atoms with Gasteiger partial charge in [0.2, 0.25) is 0 Å². The summed E-state index contributed by atoms with van der Waals surface area (Å²) in [6.45, 7) is 0. The molecule has 1 rings (SSSR count). The molecule has 0 radical (unpaired) electrons. The monoisotopic (exact) mass is 195 g/mol. The van der Waals surface area contributed by atoms with E-state index in [2.05, 4.69) is 0 Å². The van der Waals surface area contributed by atoms with Gasteiger partial charge in [0.05, 0.1) is 6.04 Å². The van der Waals surface area contributed by atoms with Gasteiger partial charge in [-0.1, -0.05) is 0 Å². The van der Waals surface area contributed by atoms with Gasteiger partial charge in [0.25, 0.3) is 5.92 Å².